The van der Waals surface area contributed by atoms with Gasteiger partial charge in [-0.3, -0.25) is 4.98 Å². The highest BCUT2D eigenvalue weighted by atomic mass is 16.4. The van der Waals surface area contributed by atoms with Gasteiger partial charge in [-0.05, 0) is 36.6 Å². The number of pyridine rings is 1. The second kappa shape index (κ2) is 7.70. The number of aryl methyl sites for hydroxylation is 1. The van der Waals surface area contributed by atoms with Gasteiger partial charge in [0.1, 0.15) is 0 Å². The SMILES string of the molecule is NCCCCCc1ncc(-c2ccc(-c3cccnc3)cc2)o1. The van der Waals surface area contributed by atoms with Crippen LogP contribution in [-0.4, -0.2) is 16.5 Å². The molecule has 0 bridgehead atoms. The Labute approximate surface area is 136 Å². The molecule has 0 aliphatic rings. The third kappa shape index (κ3) is 4.05. The molecule has 1 aromatic carbocycles. The van der Waals surface area contributed by atoms with Crippen molar-refractivity contribution in [2.75, 3.05) is 6.54 Å². The minimum atomic E-state index is 0.750. The molecule has 4 heteroatoms. The van der Waals surface area contributed by atoms with Crippen LogP contribution < -0.4 is 5.73 Å². The molecule has 4 nitrogen and oxygen atoms in total. The first-order valence-electron chi connectivity index (χ1n) is 8.02. The molecular weight excluding hydrogens is 286 g/mol. The van der Waals surface area contributed by atoms with Gasteiger partial charge in [0.2, 0.25) is 0 Å². The maximum absolute atomic E-state index is 5.84. The summed E-state index contributed by atoms with van der Waals surface area (Å²) < 4.78 is 5.84. The van der Waals surface area contributed by atoms with E-state index in [4.69, 9.17) is 10.2 Å². The molecule has 0 fully saturated rings. The van der Waals surface area contributed by atoms with Gasteiger partial charge in [0.25, 0.3) is 0 Å². The molecule has 2 aromatic heterocycles. The number of rotatable bonds is 7. The monoisotopic (exact) mass is 307 g/mol. The third-order valence-electron chi connectivity index (χ3n) is 3.81. The summed E-state index contributed by atoms with van der Waals surface area (Å²) in [5, 5.41) is 0. The Bertz CT molecular complexity index is 720. The van der Waals surface area contributed by atoms with E-state index in [1.807, 2.05) is 12.3 Å². The highest BCUT2D eigenvalue weighted by molar-refractivity contribution is 5.67. The summed E-state index contributed by atoms with van der Waals surface area (Å²) in [5.41, 5.74) is 8.79. The highest BCUT2D eigenvalue weighted by Gasteiger charge is 2.07. The molecule has 2 N–H and O–H groups in total. The van der Waals surface area contributed by atoms with Crippen molar-refractivity contribution < 1.29 is 4.42 Å². The standard InChI is InChI=1S/C19H21N3O/c20-11-3-1-2-6-19-22-14-18(23-19)16-9-7-15(8-10-16)17-5-4-12-21-13-17/h4-5,7-10,12-14H,1-3,6,11,20H2. The normalized spacial score (nSPS) is 10.8. The van der Waals surface area contributed by atoms with E-state index in [0.29, 0.717) is 0 Å². The van der Waals surface area contributed by atoms with Crippen molar-refractivity contribution in [3.8, 4) is 22.5 Å². The zero-order valence-corrected chi connectivity index (χ0v) is 13.1. The van der Waals surface area contributed by atoms with Crippen LogP contribution in [0.5, 0.6) is 0 Å². The molecule has 23 heavy (non-hydrogen) atoms. The molecule has 0 atom stereocenters. The minimum absolute atomic E-state index is 0.750. The number of hydrogen-bond acceptors (Lipinski definition) is 4. The second-order valence-electron chi connectivity index (χ2n) is 5.54. The fourth-order valence-electron chi connectivity index (χ4n) is 2.52. The Morgan fingerprint density at radius 3 is 2.43 bits per heavy atom. The van der Waals surface area contributed by atoms with E-state index in [-0.39, 0.29) is 0 Å². The smallest absolute Gasteiger partial charge is 0.194 e. The van der Waals surface area contributed by atoms with Crippen LogP contribution >= 0.6 is 0 Å². The molecule has 0 amide bonds. The van der Waals surface area contributed by atoms with Crippen LogP contribution in [-0.2, 0) is 6.42 Å². The minimum Gasteiger partial charge on any atom is -0.441 e. The summed E-state index contributed by atoms with van der Waals surface area (Å²) in [6.07, 6.45) is 9.56. The number of nitrogens with zero attached hydrogens (tertiary/aromatic N) is 2. The molecule has 0 aliphatic heterocycles. The van der Waals surface area contributed by atoms with E-state index in [1.54, 1.807) is 12.4 Å². The van der Waals surface area contributed by atoms with Gasteiger partial charge >= 0.3 is 0 Å². The second-order valence-corrected chi connectivity index (χ2v) is 5.54. The molecule has 3 rings (SSSR count). The molecule has 0 spiro atoms. The fraction of sp³-hybridized carbons (Fsp3) is 0.263. The Balaban J connectivity index is 1.67. The Kier molecular flexibility index (Phi) is 5.17. The van der Waals surface area contributed by atoms with Crippen LogP contribution in [0.1, 0.15) is 25.2 Å². The van der Waals surface area contributed by atoms with Gasteiger partial charge in [-0.2, -0.15) is 0 Å². The summed E-state index contributed by atoms with van der Waals surface area (Å²) in [6, 6.07) is 12.3. The molecule has 0 saturated heterocycles. The molecule has 0 radical (unpaired) electrons. The lowest BCUT2D eigenvalue weighted by molar-refractivity contribution is 0.491. The van der Waals surface area contributed by atoms with Crippen molar-refractivity contribution in [3.05, 3.63) is 60.9 Å². The number of unbranched alkanes of at least 4 members (excludes halogenated alkanes) is 2. The van der Waals surface area contributed by atoms with Crippen molar-refractivity contribution >= 4 is 0 Å². The van der Waals surface area contributed by atoms with Crippen molar-refractivity contribution in [2.45, 2.75) is 25.7 Å². The van der Waals surface area contributed by atoms with E-state index in [2.05, 4.69) is 40.3 Å². The Morgan fingerprint density at radius 1 is 0.870 bits per heavy atom. The number of aromatic nitrogens is 2. The van der Waals surface area contributed by atoms with Crippen LogP contribution in [0.4, 0.5) is 0 Å². The number of benzene rings is 1. The quantitative estimate of drug-likeness (QED) is 0.668. The summed E-state index contributed by atoms with van der Waals surface area (Å²) in [6.45, 7) is 0.750. The largest absolute Gasteiger partial charge is 0.441 e. The molecule has 0 saturated carbocycles. The summed E-state index contributed by atoms with van der Waals surface area (Å²) in [7, 11) is 0. The first kappa shape index (κ1) is 15.4. The first-order chi connectivity index (χ1) is 11.4. The zero-order chi connectivity index (χ0) is 15.9. The molecule has 118 valence electrons. The van der Waals surface area contributed by atoms with Crippen LogP contribution in [0, 0.1) is 0 Å². The summed E-state index contributed by atoms with van der Waals surface area (Å²) in [4.78, 5) is 8.51. The lowest BCUT2D eigenvalue weighted by Crippen LogP contribution is -1.98. The topological polar surface area (TPSA) is 64.9 Å². The van der Waals surface area contributed by atoms with Gasteiger partial charge in [0, 0.05) is 24.4 Å². The molecular formula is C19H21N3O. The number of oxazole rings is 1. The fourth-order valence-corrected chi connectivity index (χ4v) is 2.52. The van der Waals surface area contributed by atoms with Crippen molar-refractivity contribution in [2.24, 2.45) is 5.73 Å². The molecule has 0 unspecified atom stereocenters. The van der Waals surface area contributed by atoms with E-state index in [9.17, 15) is 0 Å². The number of nitrogens with two attached hydrogens (primary N) is 1. The predicted octanol–water partition coefficient (Wildman–Crippen LogP) is 4.08. The van der Waals surface area contributed by atoms with Gasteiger partial charge in [0.15, 0.2) is 11.7 Å². The van der Waals surface area contributed by atoms with Crippen molar-refractivity contribution in [1.82, 2.24) is 9.97 Å². The Hall–Kier alpha value is -2.46. The summed E-state index contributed by atoms with van der Waals surface area (Å²) in [5.74, 6) is 1.62. The van der Waals surface area contributed by atoms with Gasteiger partial charge in [-0.25, -0.2) is 4.98 Å². The van der Waals surface area contributed by atoms with Crippen LogP contribution in [0.2, 0.25) is 0 Å². The Morgan fingerprint density at radius 2 is 1.70 bits per heavy atom. The van der Waals surface area contributed by atoms with Crippen LogP contribution in [0.25, 0.3) is 22.5 Å². The van der Waals surface area contributed by atoms with Gasteiger partial charge in [-0.15, -0.1) is 0 Å². The van der Waals surface area contributed by atoms with Gasteiger partial charge < -0.3 is 10.2 Å². The summed E-state index contributed by atoms with van der Waals surface area (Å²) >= 11 is 0. The molecule has 0 aliphatic carbocycles. The van der Waals surface area contributed by atoms with Crippen LogP contribution in [0.15, 0.2) is 59.4 Å². The number of hydrogen-bond donors (Lipinski definition) is 1. The maximum Gasteiger partial charge on any atom is 0.194 e. The van der Waals surface area contributed by atoms with Gasteiger partial charge in [-0.1, -0.05) is 36.8 Å². The van der Waals surface area contributed by atoms with E-state index in [1.165, 1.54) is 0 Å². The van der Waals surface area contributed by atoms with E-state index < -0.39 is 0 Å². The van der Waals surface area contributed by atoms with Gasteiger partial charge in [0.05, 0.1) is 6.20 Å². The zero-order valence-electron chi connectivity index (χ0n) is 13.1. The van der Waals surface area contributed by atoms with E-state index in [0.717, 1.165) is 60.6 Å². The van der Waals surface area contributed by atoms with Crippen molar-refractivity contribution in [1.29, 1.82) is 0 Å². The lowest BCUT2D eigenvalue weighted by atomic mass is 10.1. The highest BCUT2D eigenvalue weighted by Crippen LogP contribution is 2.25. The van der Waals surface area contributed by atoms with Crippen molar-refractivity contribution in [3.63, 3.8) is 0 Å². The average molecular weight is 307 g/mol. The first-order valence-corrected chi connectivity index (χ1v) is 8.02. The van der Waals surface area contributed by atoms with Crippen LogP contribution in [0.3, 0.4) is 0 Å². The molecule has 3 aromatic rings. The predicted molar refractivity (Wildman–Crippen MR) is 91.8 cm³/mol. The van der Waals surface area contributed by atoms with E-state index >= 15 is 0 Å². The third-order valence-corrected chi connectivity index (χ3v) is 3.81. The maximum atomic E-state index is 5.84. The lowest BCUT2D eigenvalue weighted by Gasteiger charge is -2.02. The average Bonchev–Trinajstić information content (AvgIpc) is 3.09. The molecule has 2 heterocycles.